The Morgan fingerprint density at radius 1 is 1.45 bits per heavy atom. The fourth-order valence-electron chi connectivity index (χ4n) is 2.63. The second-order valence-corrected chi connectivity index (χ2v) is 5.19. The van der Waals surface area contributed by atoms with E-state index in [0.29, 0.717) is 5.92 Å². The molecular formula is C13H18N4O3. The lowest BCUT2D eigenvalue weighted by atomic mass is 10.1. The number of carbonyl (C=O) groups is 1. The second kappa shape index (κ2) is 5.87. The highest BCUT2D eigenvalue weighted by molar-refractivity contribution is 6.01. The Labute approximate surface area is 116 Å². The minimum atomic E-state index is -0.566. The Hall–Kier alpha value is -2.15. The SMILES string of the molecule is CC1CCC(NC(=O)c2cccc([N+](=O)[O-])c2NN)C1. The Morgan fingerprint density at radius 2 is 2.20 bits per heavy atom. The maximum absolute atomic E-state index is 12.2. The molecule has 4 N–H and O–H groups in total. The van der Waals surface area contributed by atoms with Gasteiger partial charge in [-0.15, -0.1) is 0 Å². The molecular weight excluding hydrogens is 260 g/mol. The third-order valence-electron chi connectivity index (χ3n) is 3.66. The number of hydrogen-bond acceptors (Lipinski definition) is 5. The number of rotatable bonds is 4. The van der Waals surface area contributed by atoms with Gasteiger partial charge in [0.05, 0.1) is 10.5 Å². The van der Waals surface area contributed by atoms with Crippen molar-refractivity contribution in [2.75, 3.05) is 5.43 Å². The Morgan fingerprint density at radius 3 is 2.75 bits per heavy atom. The van der Waals surface area contributed by atoms with Gasteiger partial charge < -0.3 is 10.7 Å². The fraction of sp³-hybridized carbons (Fsp3) is 0.462. The third-order valence-corrected chi connectivity index (χ3v) is 3.66. The summed E-state index contributed by atoms with van der Waals surface area (Å²) in [5.41, 5.74) is 2.29. The van der Waals surface area contributed by atoms with Crippen LogP contribution < -0.4 is 16.6 Å². The van der Waals surface area contributed by atoms with Crippen molar-refractivity contribution in [2.24, 2.45) is 11.8 Å². The van der Waals surface area contributed by atoms with Gasteiger partial charge in [0.1, 0.15) is 5.69 Å². The van der Waals surface area contributed by atoms with E-state index in [4.69, 9.17) is 5.84 Å². The topological polar surface area (TPSA) is 110 Å². The van der Waals surface area contributed by atoms with Gasteiger partial charge >= 0.3 is 0 Å². The second-order valence-electron chi connectivity index (χ2n) is 5.19. The van der Waals surface area contributed by atoms with Crippen LogP contribution in [0.2, 0.25) is 0 Å². The van der Waals surface area contributed by atoms with Crippen molar-refractivity contribution in [2.45, 2.75) is 32.2 Å². The van der Waals surface area contributed by atoms with Crippen molar-refractivity contribution in [3.05, 3.63) is 33.9 Å². The van der Waals surface area contributed by atoms with Crippen molar-refractivity contribution in [3.8, 4) is 0 Å². The van der Waals surface area contributed by atoms with E-state index in [1.54, 1.807) is 0 Å². The van der Waals surface area contributed by atoms with Crippen LogP contribution in [0, 0.1) is 16.0 Å². The largest absolute Gasteiger partial charge is 0.349 e. The molecule has 0 radical (unpaired) electrons. The van der Waals surface area contributed by atoms with Gasteiger partial charge in [-0.3, -0.25) is 20.8 Å². The third kappa shape index (κ3) is 2.88. The lowest BCUT2D eigenvalue weighted by Crippen LogP contribution is -2.33. The molecule has 2 unspecified atom stereocenters. The van der Waals surface area contributed by atoms with E-state index in [-0.39, 0.29) is 28.9 Å². The number of nitrogens with one attached hydrogen (secondary N) is 2. The van der Waals surface area contributed by atoms with E-state index in [0.717, 1.165) is 19.3 Å². The summed E-state index contributed by atoms with van der Waals surface area (Å²) in [6.07, 6.45) is 2.96. The molecule has 1 aliphatic rings. The molecule has 1 fully saturated rings. The van der Waals surface area contributed by atoms with Gasteiger partial charge in [0.25, 0.3) is 11.6 Å². The van der Waals surface area contributed by atoms with Crippen LogP contribution in [0.15, 0.2) is 18.2 Å². The highest BCUT2D eigenvalue weighted by Gasteiger charge is 2.26. The number of nitro groups is 1. The number of nitro benzene ring substituents is 1. The first-order chi connectivity index (χ1) is 9.52. The number of hydrazine groups is 1. The van der Waals surface area contributed by atoms with E-state index in [1.807, 2.05) is 0 Å². The van der Waals surface area contributed by atoms with Crippen molar-refractivity contribution in [3.63, 3.8) is 0 Å². The van der Waals surface area contributed by atoms with Crippen LogP contribution in [0.25, 0.3) is 0 Å². The smallest absolute Gasteiger partial charge is 0.294 e. The molecule has 0 bridgehead atoms. The molecule has 1 aromatic rings. The highest BCUT2D eigenvalue weighted by atomic mass is 16.6. The summed E-state index contributed by atoms with van der Waals surface area (Å²) in [6, 6.07) is 4.44. The van der Waals surface area contributed by atoms with Crippen molar-refractivity contribution >= 4 is 17.3 Å². The summed E-state index contributed by atoms with van der Waals surface area (Å²) in [5.74, 6) is 5.59. The number of carbonyl (C=O) groups excluding carboxylic acids is 1. The van der Waals surface area contributed by atoms with Crippen LogP contribution in [-0.2, 0) is 0 Å². The van der Waals surface area contributed by atoms with E-state index in [9.17, 15) is 14.9 Å². The molecule has 7 nitrogen and oxygen atoms in total. The van der Waals surface area contributed by atoms with Gasteiger partial charge in [0.2, 0.25) is 0 Å². The van der Waals surface area contributed by atoms with Gasteiger partial charge in [-0.25, -0.2) is 0 Å². The molecule has 1 aromatic carbocycles. The Balaban J connectivity index is 2.21. The molecule has 1 aliphatic carbocycles. The van der Waals surface area contributed by atoms with Gasteiger partial charge in [-0.1, -0.05) is 13.0 Å². The van der Waals surface area contributed by atoms with E-state index in [2.05, 4.69) is 17.7 Å². The first kappa shape index (κ1) is 14.3. The van der Waals surface area contributed by atoms with E-state index in [1.165, 1.54) is 18.2 Å². The maximum Gasteiger partial charge on any atom is 0.294 e. The zero-order valence-corrected chi connectivity index (χ0v) is 11.3. The van der Waals surface area contributed by atoms with E-state index >= 15 is 0 Å². The lowest BCUT2D eigenvalue weighted by Gasteiger charge is -2.14. The summed E-state index contributed by atoms with van der Waals surface area (Å²) in [5, 5.41) is 13.8. The Bertz CT molecular complexity index is 532. The Kier molecular flexibility index (Phi) is 4.19. The minimum Gasteiger partial charge on any atom is -0.349 e. The predicted molar refractivity (Wildman–Crippen MR) is 75.2 cm³/mol. The molecule has 0 spiro atoms. The predicted octanol–water partition coefficient (Wildman–Crippen LogP) is 1.80. The van der Waals surface area contributed by atoms with Gasteiger partial charge in [0, 0.05) is 12.1 Å². The molecule has 2 atom stereocenters. The minimum absolute atomic E-state index is 0.0426. The molecule has 1 amide bonds. The molecule has 0 heterocycles. The molecule has 20 heavy (non-hydrogen) atoms. The summed E-state index contributed by atoms with van der Waals surface area (Å²) in [4.78, 5) is 22.6. The molecule has 2 rings (SSSR count). The monoisotopic (exact) mass is 278 g/mol. The van der Waals surface area contributed by atoms with E-state index < -0.39 is 4.92 Å². The number of nitrogens with two attached hydrogens (primary N) is 1. The molecule has 108 valence electrons. The number of amides is 1. The van der Waals surface area contributed by atoms with Gasteiger partial charge in [-0.2, -0.15) is 0 Å². The molecule has 7 heteroatoms. The number of nitrogen functional groups attached to an aromatic ring is 1. The lowest BCUT2D eigenvalue weighted by molar-refractivity contribution is -0.384. The zero-order chi connectivity index (χ0) is 14.7. The summed E-state index contributed by atoms with van der Waals surface area (Å²) in [6.45, 7) is 2.15. The van der Waals surface area contributed by atoms with Crippen LogP contribution in [0.5, 0.6) is 0 Å². The standard InChI is InChI=1S/C13H18N4O3/c1-8-5-6-9(7-8)15-13(18)10-3-2-4-11(17(19)20)12(10)16-14/h2-4,8-9,16H,5-7,14H2,1H3,(H,15,18). The normalized spacial score (nSPS) is 21.5. The first-order valence-corrected chi connectivity index (χ1v) is 6.57. The molecule has 0 aliphatic heterocycles. The van der Waals surface area contributed by atoms with Crippen LogP contribution in [0.1, 0.15) is 36.5 Å². The molecule has 0 saturated heterocycles. The number of anilines is 1. The average molecular weight is 278 g/mol. The summed E-state index contributed by atoms with van der Waals surface area (Å²) >= 11 is 0. The number of benzene rings is 1. The quantitative estimate of drug-likeness (QED) is 0.442. The average Bonchev–Trinajstić information content (AvgIpc) is 2.82. The van der Waals surface area contributed by atoms with Crippen molar-refractivity contribution in [1.29, 1.82) is 0 Å². The number of para-hydroxylation sites is 1. The van der Waals surface area contributed by atoms with Crippen LogP contribution in [0.3, 0.4) is 0 Å². The maximum atomic E-state index is 12.2. The number of nitrogens with zero attached hydrogens (tertiary/aromatic N) is 1. The summed E-state index contributed by atoms with van der Waals surface area (Å²) < 4.78 is 0. The van der Waals surface area contributed by atoms with Crippen LogP contribution >= 0.6 is 0 Å². The summed E-state index contributed by atoms with van der Waals surface area (Å²) in [7, 11) is 0. The van der Waals surface area contributed by atoms with Crippen LogP contribution in [-0.4, -0.2) is 16.9 Å². The van der Waals surface area contributed by atoms with Crippen LogP contribution in [0.4, 0.5) is 11.4 Å². The van der Waals surface area contributed by atoms with Gasteiger partial charge in [-0.05, 0) is 31.2 Å². The first-order valence-electron chi connectivity index (χ1n) is 6.57. The molecule has 1 saturated carbocycles. The zero-order valence-electron chi connectivity index (χ0n) is 11.3. The fourth-order valence-corrected chi connectivity index (χ4v) is 2.63. The highest BCUT2D eigenvalue weighted by Crippen LogP contribution is 2.29. The number of hydrogen-bond donors (Lipinski definition) is 3. The van der Waals surface area contributed by atoms with Gasteiger partial charge in [0.15, 0.2) is 0 Å². The molecule has 0 aromatic heterocycles. The van der Waals surface area contributed by atoms with Crippen molar-refractivity contribution < 1.29 is 9.72 Å². The van der Waals surface area contributed by atoms with Crippen molar-refractivity contribution in [1.82, 2.24) is 5.32 Å².